The van der Waals surface area contributed by atoms with Gasteiger partial charge in [0, 0.05) is 13.0 Å². The molecule has 0 spiro atoms. The van der Waals surface area contributed by atoms with Gasteiger partial charge < -0.3 is 9.30 Å². The van der Waals surface area contributed by atoms with Gasteiger partial charge in [-0.2, -0.15) is 13.2 Å². The third-order valence-electron chi connectivity index (χ3n) is 3.56. The summed E-state index contributed by atoms with van der Waals surface area (Å²) in [6, 6.07) is 5.32. The lowest BCUT2D eigenvalue weighted by atomic mass is 10.2. The number of fused-ring (bicyclic) bond motifs is 1. The van der Waals surface area contributed by atoms with E-state index >= 15 is 0 Å². The number of alkyl halides is 3. The van der Waals surface area contributed by atoms with E-state index in [1.54, 1.807) is 29.7 Å². The van der Waals surface area contributed by atoms with Crippen LogP contribution >= 0.6 is 11.6 Å². The molecule has 25 heavy (non-hydrogen) atoms. The molecule has 0 atom stereocenters. The maximum Gasteiger partial charge on any atom is 0.389 e. The van der Waals surface area contributed by atoms with E-state index in [0.29, 0.717) is 27.6 Å². The monoisotopic (exact) mass is 370 g/mol. The summed E-state index contributed by atoms with van der Waals surface area (Å²) < 4.78 is 44.7. The quantitative estimate of drug-likeness (QED) is 0.639. The summed E-state index contributed by atoms with van der Waals surface area (Å²) in [5.41, 5.74) is 1.25. The normalized spacial score (nSPS) is 11.9. The van der Waals surface area contributed by atoms with Crippen LogP contribution in [0.4, 0.5) is 13.2 Å². The van der Waals surface area contributed by atoms with Gasteiger partial charge in [-0.25, -0.2) is 15.0 Å². The summed E-state index contributed by atoms with van der Waals surface area (Å²) in [5, 5.41) is 0.374. The molecule has 0 saturated carbocycles. The Morgan fingerprint density at radius 3 is 2.60 bits per heavy atom. The van der Waals surface area contributed by atoms with Gasteiger partial charge in [0.25, 0.3) is 0 Å². The number of para-hydroxylation sites is 1. The van der Waals surface area contributed by atoms with Crippen LogP contribution in [0.1, 0.15) is 18.7 Å². The molecule has 3 aromatic rings. The standard InChI is InChI=1S/C16H14ClF3N4O/c1-10-23-12-4-2-5-13(25-15-21-8-11(17)9-22-15)14(12)24(10)7-3-6-16(18,19)20/h2,4-5,8-9H,3,6-7H2,1H3. The highest BCUT2D eigenvalue weighted by Crippen LogP contribution is 2.30. The predicted octanol–water partition coefficient (Wildman–Crippen LogP) is 4.92. The van der Waals surface area contributed by atoms with E-state index in [2.05, 4.69) is 15.0 Å². The fourth-order valence-electron chi connectivity index (χ4n) is 2.51. The summed E-state index contributed by atoms with van der Waals surface area (Å²) in [5.74, 6) is 1.04. The minimum absolute atomic E-state index is 0.0401. The first-order valence-electron chi connectivity index (χ1n) is 7.51. The summed E-state index contributed by atoms with van der Waals surface area (Å²) >= 11 is 5.75. The van der Waals surface area contributed by atoms with Crippen molar-refractivity contribution in [3.63, 3.8) is 0 Å². The Bertz CT molecular complexity index is 877. The molecule has 0 unspecified atom stereocenters. The van der Waals surface area contributed by atoms with Gasteiger partial charge in [0.15, 0.2) is 5.75 Å². The Labute approximate surface area is 146 Å². The number of imidazole rings is 1. The van der Waals surface area contributed by atoms with E-state index in [0.717, 1.165) is 0 Å². The molecule has 9 heteroatoms. The number of hydrogen-bond donors (Lipinski definition) is 0. The van der Waals surface area contributed by atoms with Crippen molar-refractivity contribution in [2.45, 2.75) is 32.5 Å². The topological polar surface area (TPSA) is 52.8 Å². The highest BCUT2D eigenvalue weighted by Gasteiger charge is 2.26. The minimum atomic E-state index is -4.18. The molecule has 2 aromatic heterocycles. The first-order valence-corrected chi connectivity index (χ1v) is 7.89. The highest BCUT2D eigenvalue weighted by atomic mass is 35.5. The van der Waals surface area contributed by atoms with Crippen molar-refractivity contribution in [2.75, 3.05) is 0 Å². The molecule has 0 radical (unpaired) electrons. The van der Waals surface area contributed by atoms with Crippen LogP contribution in [0.3, 0.4) is 0 Å². The molecular weight excluding hydrogens is 357 g/mol. The van der Waals surface area contributed by atoms with Gasteiger partial charge in [0.1, 0.15) is 11.3 Å². The second-order valence-electron chi connectivity index (χ2n) is 5.44. The largest absolute Gasteiger partial charge is 0.422 e. The number of halogens is 4. The van der Waals surface area contributed by atoms with E-state index in [9.17, 15) is 13.2 Å². The molecule has 132 valence electrons. The van der Waals surface area contributed by atoms with Crippen LogP contribution in [0.15, 0.2) is 30.6 Å². The summed E-state index contributed by atoms with van der Waals surface area (Å²) in [7, 11) is 0. The van der Waals surface area contributed by atoms with Gasteiger partial charge in [0.2, 0.25) is 0 Å². The molecule has 1 aromatic carbocycles. The van der Waals surface area contributed by atoms with Gasteiger partial charge in [-0.05, 0) is 25.5 Å². The van der Waals surface area contributed by atoms with E-state index in [-0.39, 0.29) is 19.0 Å². The number of aromatic nitrogens is 4. The molecule has 0 saturated heterocycles. The molecule has 0 aliphatic heterocycles. The zero-order valence-corrected chi connectivity index (χ0v) is 14.0. The van der Waals surface area contributed by atoms with Crippen molar-refractivity contribution < 1.29 is 17.9 Å². The molecule has 0 aliphatic rings. The average molecular weight is 371 g/mol. The van der Waals surface area contributed by atoms with E-state index in [4.69, 9.17) is 16.3 Å². The van der Waals surface area contributed by atoms with Crippen LogP contribution in [-0.4, -0.2) is 25.7 Å². The van der Waals surface area contributed by atoms with Crippen molar-refractivity contribution in [1.82, 2.24) is 19.5 Å². The molecule has 3 rings (SSSR count). The number of ether oxygens (including phenoxy) is 1. The van der Waals surface area contributed by atoms with Crippen molar-refractivity contribution in [2.24, 2.45) is 0 Å². The molecule has 0 N–H and O–H groups in total. The first-order chi connectivity index (χ1) is 11.8. The second-order valence-corrected chi connectivity index (χ2v) is 5.88. The number of hydrogen-bond acceptors (Lipinski definition) is 4. The molecule has 0 fully saturated rings. The fourth-order valence-corrected chi connectivity index (χ4v) is 2.61. The van der Waals surface area contributed by atoms with Gasteiger partial charge in [0.05, 0.1) is 22.9 Å². The van der Waals surface area contributed by atoms with Crippen LogP contribution in [0.5, 0.6) is 11.8 Å². The van der Waals surface area contributed by atoms with Crippen molar-refractivity contribution >= 4 is 22.6 Å². The predicted molar refractivity (Wildman–Crippen MR) is 86.9 cm³/mol. The maximum atomic E-state index is 12.4. The van der Waals surface area contributed by atoms with Crippen LogP contribution < -0.4 is 4.74 Å². The third-order valence-corrected chi connectivity index (χ3v) is 3.76. The first kappa shape index (κ1) is 17.5. The van der Waals surface area contributed by atoms with Crippen LogP contribution in [0, 0.1) is 6.92 Å². The van der Waals surface area contributed by atoms with Crippen molar-refractivity contribution in [3.05, 3.63) is 41.4 Å². The van der Waals surface area contributed by atoms with E-state index in [1.165, 1.54) is 12.4 Å². The Hall–Kier alpha value is -2.35. The minimum Gasteiger partial charge on any atom is -0.422 e. The lowest BCUT2D eigenvalue weighted by molar-refractivity contribution is -0.135. The molecule has 0 aliphatic carbocycles. The van der Waals surface area contributed by atoms with Crippen molar-refractivity contribution in [3.8, 4) is 11.8 Å². The Morgan fingerprint density at radius 1 is 1.20 bits per heavy atom. The van der Waals surface area contributed by atoms with Gasteiger partial charge in [-0.1, -0.05) is 17.7 Å². The fraction of sp³-hybridized carbons (Fsp3) is 0.312. The Balaban J connectivity index is 1.91. The van der Waals surface area contributed by atoms with Crippen LogP contribution in [-0.2, 0) is 6.54 Å². The lowest BCUT2D eigenvalue weighted by Crippen LogP contribution is -2.10. The summed E-state index contributed by atoms with van der Waals surface area (Å²) in [6.07, 6.45) is -2.27. The number of benzene rings is 1. The smallest absolute Gasteiger partial charge is 0.389 e. The summed E-state index contributed by atoms with van der Waals surface area (Å²) in [6.45, 7) is 1.93. The SMILES string of the molecule is Cc1nc2cccc(Oc3ncc(Cl)cn3)c2n1CCCC(F)(F)F. The highest BCUT2D eigenvalue weighted by molar-refractivity contribution is 6.30. The average Bonchev–Trinajstić information content (AvgIpc) is 2.85. The molecule has 0 amide bonds. The van der Waals surface area contributed by atoms with Crippen LogP contribution in [0.2, 0.25) is 5.02 Å². The Morgan fingerprint density at radius 2 is 1.92 bits per heavy atom. The van der Waals surface area contributed by atoms with E-state index < -0.39 is 12.6 Å². The van der Waals surface area contributed by atoms with E-state index in [1.807, 2.05) is 0 Å². The van der Waals surface area contributed by atoms with Gasteiger partial charge in [-0.15, -0.1) is 0 Å². The van der Waals surface area contributed by atoms with Crippen LogP contribution in [0.25, 0.3) is 11.0 Å². The third kappa shape index (κ3) is 4.19. The van der Waals surface area contributed by atoms with Crippen molar-refractivity contribution in [1.29, 1.82) is 0 Å². The molecule has 2 heterocycles. The second kappa shape index (κ2) is 6.87. The molecular formula is C16H14ClF3N4O. The summed E-state index contributed by atoms with van der Waals surface area (Å²) in [4.78, 5) is 12.3. The lowest BCUT2D eigenvalue weighted by Gasteiger charge is -2.11. The zero-order valence-electron chi connectivity index (χ0n) is 13.2. The number of aryl methyl sites for hydroxylation is 2. The number of nitrogens with zero attached hydrogens (tertiary/aromatic N) is 4. The zero-order chi connectivity index (χ0) is 18.0. The van der Waals surface area contributed by atoms with Gasteiger partial charge in [-0.3, -0.25) is 0 Å². The molecule has 5 nitrogen and oxygen atoms in total. The number of rotatable bonds is 5. The maximum absolute atomic E-state index is 12.4. The van der Waals surface area contributed by atoms with Gasteiger partial charge >= 0.3 is 12.2 Å². The molecule has 0 bridgehead atoms. The Kier molecular flexibility index (Phi) is 4.80.